The monoisotopic (exact) mass is 588 g/mol. The van der Waals surface area contributed by atoms with E-state index in [0.29, 0.717) is 23.9 Å². The number of hydrogen-bond donors (Lipinski definition) is 3. The van der Waals surface area contributed by atoms with E-state index in [0.717, 1.165) is 18.5 Å². The number of nitrogens with zero attached hydrogens (tertiary/aromatic N) is 3. The van der Waals surface area contributed by atoms with E-state index in [2.05, 4.69) is 10.4 Å². The molecule has 0 aliphatic carbocycles. The summed E-state index contributed by atoms with van der Waals surface area (Å²) in [6.45, 7) is 4.80. The highest BCUT2D eigenvalue weighted by atomic mass is 32.2. The molecule has 0 bridgehead atoms. The number of benzene rings is 2. The van der Waals surface area contributed by atoms with E-state index in [1.807, 2.05) is 30.8 Å². The molecule has 2 atom stereocenters. The third-order valence-electron chi connectivity index (χ3n) is 6.45. The number of aliphatic hydroxyl groups is 1. The minimum Gasteiger partial charge on any atom is -0.494 e. The summed E-state index contributed by atoms with van der Waals surface area (Å²) in [6.07, 6.45) is 1.89. The molecule has 1 aromatic heterocycles. The molecular weight excluding hydrogens is 552 g/mol. The van der Waals surface area contributed by atoms with Crippen LogP contribution in [0.25, 0.3) is 0 Å². The third-order valence-corrected chi connectivity index (χ3v) is 8.28. The quantitative estimate of drug-likeness (QED) is 0.228. The predicted octanol–water partition coefficient (Wildman–Crippen LogP) is 2.97. The first-order valence-electron chi connectivity index (χ1n) is 13.4. The van der Waals surface area contributed by atoms with Crippen LogP contribution in [-0.2, 0) is 23.0 Å². The van der Waals surface area contributed by atoms with Gasteiger partial charge in [-0.1, -0.05) is 26.0 Å². The van der Waals surface area contributed by atoms with Crippen molar-refractivity contribution in [2.75, 3.05) is 26.5 Å². The third kappa shape index (κ3) is 8.35. The summed E-state index contributed by atoms with van der Waals surface area (Å²) in [5.41, 5.74) is 0.751. The maximum absolute atomic E-state index is 13.6. The number of hydrogen-bond acceptors (Lipinski definition) is 8. The fraction of sp³-hybridized carbons (Fsp3) is 0.429. The van der Waals surface area contributed by atoms with E-state index in [9.17, 15) is 23.4 Å². The van der Waals surface area contributed by atoms with E-state index < -0.39 is 28.3 Å². The molecule has 41 heavy (non-hydrogen) atoms. The molecule has 0 fully saturated rings. The molecule has 12 nitrogen and oxygen atoms in total. The van der Waals surface area contributed by atoms with Crippen LogP contribution in [0.3, 0.4) is 0 Å². The van der Waals surface area contributed by atoms with Gasteiger partial charge in [0.15, 0.2) is 11.5 Å². The zero-order valence-electron chi connectivity index (χ0n) is 23.0. The van der Waals surface area contributed by atoms with Gasteiger partial charge in [-0.3, -0.25) is 4.68 Å². The van der Waals surface area contributed by atoms with Crippen molar-refractivity contribution >= 4 is 16.1 Å². The van der Waals surface area contributed by atoms with E-state index in [4.69, 9.17) is 14.2 Å². The van der Waals surface area contributed by atoms with Gasteiger partial charge in [0, 0.05) is 44.5 Å². The van der Waals surface area contributed by atoms with E-state index in [1.54, 1.807) is 30.5 Å². The number of nitrogens with one attached hydrogen (secondary N) is 1. The lowest BCUT2D eigenvalue weighted by atomic mass is 10.0. The summed E-state index contributed by atoms with van der Waals surface area (Å²) in [7, 11) is -4.04. The van der Waals surface area contributed by atoms with Gasteiger partial charge >= 0.3 is 6.09 Å². The summed E-state index contributed by atoms with van der Waals surface area (Å²) in [5, 5.41) is 27.1. The molecule has 1 amide bonds. The molecule has 222 valence electrons. The molecule has 4 rings (SSSR count). The van der Waals surface area contributed by atoms with Crippen LogP contribution in [0.2, 0.25) is 0 Å². The van der Waals surface area contributed by atoms with Crippen LogP contribution in [0.15, 0.2) is 65.8 Å². The SMILES string of the molecule is CC(C)CN(C[C@H](O)[C@H](Cc1ccc(OCCCn2cccn2)cc1)NC(=O)O)S(=O)(=O)c1ccc2c(c1)OCO2. The molecule has 3 N–H and O–H groups in total. The first kappa shape index (κ1) is 30.2. The number of carboxylic acid groups (broad SMARTS) is 1. The topological polar surface area (TPSA) is 152 Å². The fourth-order valence-electron chi connectivity index (χ4n) is 4.47. The average Bonchev–Trinajstić information content (AvgIpc) is 3.62. The van der Waals surface area contributed by atoms with Gasteiger partial charge in [0.2, 0.25) is 16.8 Å². The highest BCUT2D eigenvalue weighted by molar-refractivity contribution is 7.89. The predicted molar refractivity (Wildman–Crippen MR) is 150 cm³/mol. The van der Waals surface area contributed by atoms with Crippen molar-refractivity contribution in [1.29, 1.82) is 0 Å². The van der Waals surface area contributed by atoms with E-state index in [1.165, 1.54) is 22.5 Å². The van der Waals surface area contributed by atoms with Crippen molar-refractivity contribution in [2.24, 2.45) is 5.92 Å². The molecule has 2 aromatic carbocycles. The van der Waals surface area contributed by atoms with Gasteiger partial charge in [-0.25, -0.2) is 13.2 Å². The van der Waals surface area contributed by atoms with Crippen molar-refractivity contribution in [1.82, 2.24) is 19.4 Å². The number of aromatic nitrogens is 2. The Morgan fingerprint density at radius 1 is 1.15 bits per heavy atom. The highest BCUT2D eigenvalue weighted by Gasteiger charge is 2.32. The van der Waals surface area contributed by atoms with Crippen molar-refractivity contribution in [3.05, 3.63) is 66.5 Å². The normalized spacial score (nSPS) is 14.3. The summed E-state index contributed by atoms with van der Waals surface area (Å²) >= 11 is 0. The Morgan fingerprint density at radius 3 is 2.59 bits per heavy atom. The number of sulfonamides is 1. The molecule has 13 heteroatoms. The molecule has 0 saturated heterocycles. The van der Waals surface area contributed by atoms with Crippen LogP contribution in [0.1, 0.15) is 25.8 Å². The molecule has 1 aliphatic rings. The van der Waals surface area contributed by atoms with Crippen molar-refractivity contribution in [3.8, 4) is 17.2 Å². The van der Waals surface area contributed by atoms with E-state index >= 15 is 0 Å². The summed E-state index contributed by atoms with van der Waals surface area (Å²) in [4.78, 5) is 11.6. The Labute approximate surface area is 239 Å². The van der Waals surface area contributed by atoms with Crippen LogP contribution in [0.4, 0.5) is 4.79 Å². The Balaban J connectivity index is 1.41. The molecular formula is C28H36N4O8S. The van der Waals surface area contributed by atoms with Gasteiger partial charge in [-0.15, -0.1) is 0 Å². The van der Waals surface area contributed by atoms with Crippen LogP contribution < -0.4 is 19.5 Å². The number of amides is 1. The molecule has 2 heterocycles. The number of carbonyl (C=O) groups is 1. The lowest BCUT2D eigenvalue weighted by Crippen LogP contribution is -2.50. The minimum atomic E-state index is -4.04. The van der Waals surface area contributed by atoms with Gasteiger partial charge < -0.3 is 29.7 Å². The average molecular weight is 589 g/mol. The lowest BCUT2D eigenvalue weighted by molar-refractivity contribution is 0.0980. The van der Waals surface area contributed by atoms with Gasteiger partial charge in [-0.2, -0.15) is 9.40 Å². The maximum atomic E-state index is 13.6. The first-order valence-corrected chi connectivity index (χ1v) is 14.8. The number of rotatable bonds is 15. The molecule has 0 spiro atoms. The van der Waals surface area contributed by atoms with Crippen LogP contribution >= 0.6 is 0 Å². The second kappa shape index (κ2) is 13.7. The van der Waals surface area contributed by atoms with Gasteiger partial charge in [0.25, 0.3) is 0 Å². The standard InChI is InChI=1S/C28H36N4O8S/c1-20(2)17-32(41(36,37)23-9-10-26-27(16-23)40-19-39-26)18-25(33)24(30-28(34)35)15-21-5-7-22(8-6-21)38-14-4-13-31-12-3-11-29-31/h3,5-12,16,20,24-25,30,33H,4,13-15,17-19H2,1-2H3,(H,34,35)/t24-,25-/m0/s1. The zero-order valence-corrected chi connectivity index (χ0v) is 23.9. The Bertz CT molecular complexity index is 1380. The number of aryl methyl sites for hydroxylation is 1. The largest absolute Gasteiger partial charge is 0.494 e. The zero-order chi connectivity index (χ0) is 29.4. The number of aliphatic hydroxyl groups excluding tert-OH is 1. The molecule has 0 unspecified atom stereocenters. The van der Waals surface area contributed by atoms with Crippen LogP contribution in [0, 0.1) is 5.92 Å². The lowest BCUT2D eigenvalue weighted by Gasteiger charge is -2.30. The van der Waals surface area contributed by atoms with Crippen LogP contribution in [-0.4, -0.2) is 77.4 Å². The van der Waals surface area contributed by atoms with Crippen molar-refractivity contribution in [3.63, 3.8) is 0 Å². The Morgan fingerprint density at radius 2 is 1.90 bits per heavy atom. The Hall–Kier alpha value is -3.81. The van der Waals surface area contributed by atoms with Gasteiger partial charge in [0.05, 0.1) is 23.6 Å². The summed E-state index contributed by atoms with van der Waals surface area (Å²) in [5.74, 6) is 1.39. The first-order chi connectivity index (χ1) is 19.6. The summed E-state index contributed by atoms with van der Waals surface area (Å²) in [6, 6.07) is 12.4. The molecule has 0 saturated carbocycles. The number of fused-ring (bicyclic) bond motifs is 1. The number of ether oxygens (including phenoxy) is 3. The van der Waals surface area contributed by atoms with Gasteiger partial charge in [0.1, 0.15) is 5.75 Å². The van der Waals surface area contributed by atoms with Crippen molar-refractivity contribution in [2.45, 2.75) is 50.3 Å². The minimum absolute atomic E-state index is 0.00226. The van der Waals surface area contributed by atoms with Crippen molar-refractivity contribution < 1.29 is 37.6 Å². The Kier molecular flexibility index (Phi) is 10.1. The second-order valence-corrected chi connectivity index (χ2v) is 12.1. The molecule has 1 aliphatic heterocycles. The maximum Gasteiger partial charge on any atom is 0.404 e. The highest BCUT2D eigenvalue weighted by Crippen LogP contribution is 2.35. The molecule has 0 radical (unpaired) electrons. The molecule has 3 aromatic rings. The summed E-state index contributed by atoms with van der Waals surface area (Å²) < 4.78 is 46.6. The fourth-order valence-corrected chi connectivity index (χ4v) is 6.10. The second-order valence-electron chi connectivity index (χ2n) is 10.2. The van der Waals surface area contributed by atoms with E-state index in [-0.39, 0.29) is 37.1 Å². The van der Waals surface area contributed by atoms with Crippen LogP contribution in [0.5, 0.6) is 17.2 Å². The smallest absolute Gasteiger partial charge is 0.404 e. The van der Waals surface area contributed by atoms with Gasteiger partial charge in [-0.05, 0) is 48.2 Å².